The Hall–Kier alpha value is -2.46. The molecule has 0 radical (unpaired) electrons. The Labute approximate surface area is 172 Å². The fourth-order valence-corrected chi connectivity index (χ4v) is 4.94. The third kappa shape index (κ3) is 3.62. The highest BCUT2D eigenvalue weighted by atomic mass is 16.5. The summed E-state index contributed by atoms with van der Waals surface area (Å²) >= 11 is 0. The van der Waals surface area contributed by atoms with Crippen molar-refractivity contribution < 1.29 is 9.47 Å². The van der Waals surface area contributed by atoms with Gasteiger partial charge >= 0.3 is 0 Å². The smallest absolute Gasteiger partial charge is 0.126 e. The molecule has 1 aromatic heterocycles. The summed E-state index contributed by atoms with van der Waals surface area (Å²) in [7, 11) is 1.75. The number of hydrogen-bond donors (Lipinski definition) is 1. The standard InChI is InChI=1S/C25H30N2O2/c1-28-24-12-5-13-25-22(24)15-20(17-29-25)27(19-8-4-9-19)14-6-7-18-16-26-23-11-3-2-10-21(18)23/h2-3,5,10-13,16,19-20,26H,4,6-9,14-15,17H2,1H3. The Bertz CT molecular complexity index is 962. The topological polar surface area (TPSA) is 37.5 Å². The van der Waals surface area contributed by atoms with Gasteiger partial charge < -0.3 is 14.5 Å². The minimum Gasteiger partial charge on any atom is -0.496 e. The zero-order valence-electron chi connectivity index (χ0n) is 17.2. The number of ether oxygens (including phenoxy) is 2. The molecule has 2 aliphatic rings. The summed E-state index contributed by atoms with van der Waals surface area (Å²) in [6, 6.07) is 15.9. The van der Waals surface area contributed by atoms with Gasteiger partial charge in [0.15, 0.2) is 0 Å². The molecule has 0 amide bonds. The summed E-state index contributed by atoms with van der Waals surface area (Å²) in [6.07, 6.45) is 9.49. The predicted molar refractivity (Wildman–Crippen MR) is 117 cm³/mol. The van der Waals surface area contributed by atoms with Crippen molar-refractivity contribution in [2.24, 2.45) is 0 Å². The summed E-state index contributed by atoms with van der Waals surface area (Å²) in [6.45, 7) is 1.91. The Balaban J connectivity index is 1.28. The van der Waals surface area contributed by atoms with Crippen molar-refractivity contribution in [2.75, 3.05) is 20.3 Å². The maximum atomic E-state index is 6.16. The van der Waals surface area contributed by atoms with Crippen molar-refractivity contribution in [2.45, 2.75) is 50.6 Å². The lowest BCUT2D eigenvalue weighted by atomic mass is 9.88. The number of H-pyrrole nitrogens is 1. The second-order valence-electron chi connectivity index (χ2n) is 8.39. The van der Waals surface area contributed by atoms with Crippen molar-refractivity contribution in [3.05, 3.63) is 59.8 Å². The van der Waals surface area contributed by atoms with Crippen molar-refractivity contribution >= 4 is 10.9 Å². The quantitative estimate of drug-likeness (QED) is 0.619. The molecule has 4 heteroatoms. The fourth-order valence-electron chi connectivity index (χ4n) is 4.94. The molecular weight excluding hydrogens is 360 g/mol. The second-order valence-corrected chi connectivity index (χ2v) is 8.39. The van der Waals surface area contributed by atoms with E-state index in [9.17, 15) is 0 Å². The van der Waals surface area contributed by atoms with E-state index in [0.29, 0.717) is 12.1 Å². The van der Waals surface area contributed by atoms with Crippen LogP contribution in [-0.2, 0) is 12.8 Å². The zero-order chi connectivity index (χ0) is 19.6. The maximum absolute atomic E-state index is 6.16. The molecule has 0 bridgehead atoms. The molecule has 2 heterocycles. The van der Waals surface area contributed by atoms with E-state index in [4.69, 9.17) is 9.47 Å². The predicted octanol–water partition coefficient (Wildman–Crippen LogP) is 4.97. The number of benzene rings is 2. The number of nitrogens with one attached hydrogen (secondary N) is 1. The average molecular weight is 391 g/mol. The van der Waals surface area contributed by atoms with Crippen LogP contribution in [0.15, 0.2) is 48.7 Å². The van der Waals surface area contributed by atoms with Gasteiger partial charge in [0.05, 0.1) is 7.11 Å². The van der Waals surface area contributed by atoms with E-state index < -0.39 is 0 Å². The molecule has 1 fully saturated rings. The number of aryl methyl sites for hydroxylation is 1. The van der Waals surface area contributed by atoms with Crippen LogP contribution in [-0.4, -0.2) is 42.2 Å². The van der Waals surface area contributed by atoms with E-state index in [1.54, 1.807) is 7.11 Å². The van der Waals surface area contributed by atoms with Gasteiger partial charge in [-0.2, -0.15) is 0 Å². The van der Waals surface area contributed by atoms with Gasteiger partial charge in [-0.15, -0.1) is 0 Å². The Morgan fingerprint density at radius 2 is 2.00 bits per heavy atom. The molecule has 1 atom stereocenters. The molecule has 1 aliphatic heterocycles. The molecule has 1 aliphatic carbocycles. The first-order valence-corrected chi connectivity index (χ1v) is 10.9. The monoisotopic (exact) mass is 390 g/mol. The molecule has 29 heavy (non-hydrogen) atoms. The lowest BCUT2D eigenvalue weighted by Crippen LogP contribution is -2.51. The SMILES string of the molecule is COc1cccc2c1CC(N(CCCc1c[nH]c3ccccc13)C1CCC1)CO2. The molecule has 152 valence electrons. The van der Waals surface area contributed by atoms with Crippen LogP contribution in [0.4, 0.5) is 0 Å². The van der Waals surface area contributed by atoms with Gasteiger partial charge in [0.1, 0.15) is 18.1 Å². The van der Waals surface area contributed by atoms with Crippen LogP contribution >= 0.6 is 0 Å². The van der Waals surface area contributed by atoms with Crippen molar-refractivity contribution in [3.63, 3.8) is 0 Å². The molecule has 1 N–H and O–H groups in total. The lowest BCUT2D eigenvalue weighted by molar-refractivity contribution is 0.0431. The largest absolute Gasteiger partial charge is 0.496 e. The number of para-hydroxylation sites is 1. The molecule has 2 aromatic carbocycles. The van der Waals surface area contributed by atoms with Crippen molar-refractivity contribution in [3.8, 4) is 11.5 Å². The summed E-state index contributed by atoms with van der Waals surface area (Å²) in [5, 5.41) is 1.36. The maximum Gasteiger partial charge on any atom is 0.126 e. The molecular formula is C25H30N2O2. The van der Waals surface area contributed by atoms with Gasteiger partial charge in [0.25, 0.3) is 0 Å². The summed E-state index contributed by atoms with van der Waals surface area (Å²) in [5.74, 6) is 1.95. The molecule has 5 rings (SSSR count). The van der Waals surface area contributed by atoms with Crippen LogP contribution in [0.25, 0.3) is 10.9 Å². The van der Waals surface area contributed by atoms with Crippen LogP contribution in [0.1, 0.15) is 36.8 Å². The third-order valence-corrected chi connectivity index (χ3v) is 6.73. The first-order valence-electron chi connectivity index (χ1n) is 10.9. The molecule has 1 saturated carbocycles. The van der Waals surface area contributed by atoms with E-state index in [-0.39, 0.29) is 0 Å². The van der Waals surface area contributed by atoms with Gasteiger partial charge in [-0.1, -0.05) is 30.7 Å². The number of nitrogens with zero attached hydrogens (tertiary/aromatic N) is 1. The van der Waals surface area contributed by atoms with Crippen LogP contribution in [0, 0.1) is 0 Å². The first-order chi connectivity index (χ1) is 14.3. The summed E-state index contributed by atoms with van der Waals surface area (Å²) in [4.78, 5) is 6.14. The minimum atomic E-state index is 0.437. The number of fused-ring (bicyclic) bond motifs is 2. The third-order valence-electron chi connectivity index (χ3n) is 6.73. The van der Waals surface area contributed by atoms with E-state index >= 15 is 0 Å². The van der Waals surface area contributed by atoms with Gasteiger partial charge in [-0.05, 0) is 62.4 Å². The molecule has 3 aromatic rings. The first kappa shape index (κ1) is 18.6. The van der Waals surface area contributed by atoms with Crippen molar-refractivity contribution in [1.82, 2.24) is 9.88 Å². The second kappa shape index (κ2) is 8.11. The highest BCUT2D eigenvalue weighted by Crippen LogP contribution is 2.36. The summed E-state index contributed by atoms with van der Waals surface area (Å²) < 4.78 is 11.8. The van der Waals surface area contributed by atoms with Gasteiger partial charge in [-0.25, -0.2) is 0 Å². The highest BCUT2D eigenvalue weighted by molar-refractivity contribution is 5.82. The minimum absolute atomic E-state index is 0.437. The van der Waals surface area contributed by atoms with Crippen LogP contribution < -0.4 is 9.47 Å². The zero-order valence-corrected chi connectivity index (χ0v) is 17.2. The summed E-state index contributed by atoms with van der Waals surface area (Å²) in [5.41, 5.74) is 3.90. The van der Waals surface area contributed by atoms with Crippen LogP contribution in [0.2, 0.25) is 0 Å². The lowest BCUT2D eigenvalue weighted by Gasteiger charge is -2.44. The number of rotatable bonds is 7. The van der Waals surface area contributed by atoms with Gasteiger partial charge in [0, 0.05) is 34.7 Å². The molecule has 4 nitrogen and oxygen atoms in total. The Kier molecular flexibility index (Phi) is 5.19. The number of aromatic amines is 1. The molecule has 0 saturated heterocycles. The number of methoxy groups -OCH3 is 1. The highest BCUT2D eigenvalue weighted by Gasteiger charge is 2.34. The molecule has 1 unspecified atom stereocenters. The Morgan fingerprint density at radius 3 is 2.83 bits per heavy atom. The van der Waals surface area contributed by atoms with Gasteiger partial charge in [0.2, 0.25) is 0 Å². The van der Waals surface area contributed by atoms with Crippen LogP contribution in [0.5, 0.6) is 11.5 Å². The van der Waals surface area contributed by atoms with Crippen molar-refractivity contribution in [1.29, 1.82) is 0 Å². The number of hydrogen-bond acceptors (Lipinski definition) is 3. The van der Waals surface area contributed by atoms with E-state index in [1.165, 1.54) is 47.7 Å². The average Bonchev–Trinajstić information content (AvgIpc) is 3.14. The van der Waals surface area contributed by atoms with Gasteiger partial charge in [-0.3, -0.25) is 4.90 Å². The van der Waals surface area contributed by atoms with E-state index in [2.05, 4.69) is 52.5 Å². The van der Waals surface area contributed by atoms with Crippen LogP contribution in [0.3, 0.4) is 0 Å². The van der Waals surface area contributed by atoms with E-state index in [1.807, 2.05) is 6.07 Å². The van der Waals surface area contributed by atoms with E-state index in [0.717, 1.165) is 37.5 Å². The fraction of sp³-hybridized carbons (Fsp3) is 0.440. The normalized spacial score (nSPS) is 19.0. The number of aromatic nitrogens is 1. The Morgan fingerprint density at radius 1 is 1.10 bits per heavy atom. The molecule has 0 spiro atoms.